The van der Waals surface area contributed by atoms with Crippen molar-refractivity contribution >= 4 is 11.9 Å². The number of hydrogen-bond donors (Lipinski definition) is 1. The summed E-state index contributed by atoms with van der Waals surface area (Å²) in [7, 11) is 0. The molecule has 4 nitrogen and oxygen atoms in total. The normalized spacial score (nSPS) is 10.2. The summed E-state index contributed by atoms with van der Waals surface area (Å²) in [6.07, 6.45) is 4.16. The molecule has 0 unspecified atom stereocenters. The number of carbonyl (C=O) groups is 2. The second kappa shape index (κ2) is 7.34. The van der Waals surface area contributed by atoms with E-state index in [4.69, 9.17) is 9.84 Å². The minimum atomic E-state index is -0.962. The lowest BCUT2D eigenvalue weighted by atomic mass is 10.2. The van der Waals surface area contributed by atoms with Crippen LogP contribution in [-0.2, 0) is 14.3 Å². The predicted molar refractivity (Wildman–Crippen MR) is 47.3 cm³/mol. The van der Waals surface area contributed by atoms with Gasteiger partial charge in [-0.1, -0.05) is 6.08 Å². The van der Waals surface area contributed by atoms with Crippen LogP contribution in [0.4, 0.5) is 0 Å². The number of allylic oxidation sites excluding steroid dienone is 1. The number of carboxylic acid groups (broad SMARTS) is 1. The van der Waals surface area contributed by atoms with Crippen molar-refractivity contribution in [2.75, 3.05) is 6.61 Å². The van der Waals surface area contributed by atoms with Crippen molar-refractivity contribution in [1.29, 1.82) is 0 Å². The van der Waals surface area contributed by atoms with E-state index >= 15 is 0 Å². The first kappa shape index (κ1) is 11.7. The summed E-state index contributed by atoms with van der Waals surface area (Å²) in [5.74, 6) is -1.19. The van der Waals surface area contributed by atoms with Crippen LogP contribution in [0, 0.1) is 0 Å². The van der Waals surface area contributed by atoms with Crippen molar-refractivity contribution < 1.29 is 19.4 Å². The van der Waals surface area contributed by atoms with E-state index in [-0.39, 0.29) is 5.97 Å². The summed E-state index contributed by atoms with van der Waals surface area (Å²) in [4.78, 5) is 20.8. The van der Waals surface area contributed by atoms with E-state index in [2.05, 4.69) is 0 Å². The van der Waals surface area contributed by atoms with Gasteiger partial charge in [0.2, 0.25) is 0 Å². The van der Waals surface area contributed by atoms with Gasteiger partial charge >= 0.3 is 11.9 Å². The smallest absolute Gasteiger partial charge is 0.327 e. The number of carbonyl (C=O) groups excluding carboxylic acids is 1. The van der Waals surface area contributed by atoms with Crippen LogP contribution in [-0.4, -0.2) is 23.7 Å². The quantitative estimate of drug-likeness (QED) is 0.386. The van der Waals surface area contributed by atoms with E-state index in [9.17, 15) is 9.59 Å². The molecule has 0 saturated heterocycles. The van der Waals surface area contributed by atoms with Crippen LogP contribution in [0.15, 0.2) is 12.2 Å². The lowest BCUT2D eigenvalue weighted by molar-refractivity contribution is -0.143. The summed E-state index contributed by atoms with van der Waals surface area (Å²) >= 11 is 0. The van der Waals surface area contributed by atoms with Gasteiger partial charge < -0.3 is 9.84 Å². The summed E-state index contributed by atoms with van der Waals surface area (Å²) in [6.45, 7) is 2.14. The number of carboxylic acids is 1. The van der Waals surface area contributed by atoms with Crippen LogP contribution in [0.5, 0.6) is 0 Å². The second-order valence-electron chi connectivity index (χ2n) is 2.44. The molecule has 0 aromatic heterocycles. The van der Waals surface area contributed by atoms with Crippen LogP contribution < -0.4 is 0 Å². The Kier molecular flexibility index (Phi) is 6.59. The molecule has 13 heavy (non-hydrogen) atoms. The molecule has 0 aliphatic heterocycles. The van der Waals surface area contributed by atoms with Crippen molar-refractivity contribution in [2.24, 2.45) is 0 Å². The standard InChI is InChI=1S/C9H14O4/c1-2-13-9(12)7-5-3-4-6-8(10)11/h4,6H,2-3,5,7H2,1H3,(H,10,11)/b6-4+. The Morgan fingerprint density at radius 3 is 2.69 bits per heavy atom. The van der Waals surface area contributed by atoms with Gasteiger partial charge in [0.1, 0.15) is 0 Å². The van der Waals surface area contributed by atoms with Gasteiger partial charge in [-0.25, -0.2) is 4.79 Å². The third kappa shape index (κ3) is 8.59. The van der Waals surface area contributed by atoms with E-state index in [1.807, 2.05) is 0 Å². The van der Waals surface area contributed by atoms with Crippen LogP contribution in [0.25, 0.3) is 0 Å². The first-order valence-electron chi connectivity index (χ1n) is 4.22. The number of unbranched alkanes of at least 4 members (excludes halogenated alkanes) is 1. The Labute approximate surface area is 77.2 Å². The van der Waals surface area contributed by atoms with Gasteiger partial charge in [0, 0.05) is 12.5 Å². The SMILES string of the molecule is CCOC(=O)CCC/C=C/C(=O)O. The average Bonchev–Trinajstić information content (AvgIpc) is 2.03. The molecule has 0 saturated carbocycles. The molecule has 74 valence electrons. The van der Waals surface area contributed by atoms with E-state index in [0.717, 1.165) is 6.08 Å². The zero-order valence-corrected chi connectivity index (χ0v) is 7.66. The number of rotatable bonds is 6. The third-order valence-corrected chi connectivity index (χ3v) is 1.32. The van der Waals surface area contributed by atoms with Crippen molar-refractivity contribution in [1.82, 2.24) is 0 Å². The predicted octanol–water partition coefficient (Wildman–Crippen LogP) is 1.36. The van der Waals surface area contributed by atoms with Crippen molar-refractivity contribution in [3.8, 4) is 0 Å². The highest BCUT2D eigenvalue weighted by Crippen LogP contribution is 1.98. The van der Waals surface area contributed by atoms with Crippen molar-refractivity contribution in [2.45, 2.75) is 26.2 Å². The molecule has 0 amide bonds. The molecule has 0 aromatic carbocycles. The van der Waals surface area contributed by atoms with Gasteiger partial charge in [0.15, 0.2) is 0 Å². The molecule has 0 heterocycles. The molecule has 1 N–H and O–H groups in total. The number of esters is 1. The molecule has 0 fully saturated rings. The molecule has 0 atom stereocenters. The lowest BCUT2D eigenvalue weighted by Crippen LogP contribution is -2.02. The fraction of sp³-hybridized carbons (Fsp3) is 0.556. The average molecular weight is 186 g/mol. The van der Waals surface area contributed by atoms with Crippen LogP contribution in [0.1, 0.15) is 26.2 Å². The Hall–Kier alpha value is -1.32. The second-order valence-corrected chi connectivity index (χ2v) is 2.44. The summed E-state index contributed by atoms with van der Waals surface area (Å²) in [5, 5.41) is 8.23. The summed E-state index contributed by atoms with van der Waals surface area (Å²) < 4.78 is 4.69. The summed E-state index contributed by atoms with van der Waals surface area (Å²) in [5.41, 5.74) is 0. The van der Waals surface area contributed by atoms with Crippen molar-refractivity contribution in [3.05, 3.63) is 12.2 Å². The maximum Gasteiger partial charge on any atom is 0.327 e. The number of aliphatic carboxylic acids is 1. The fourth-order valence-electron chi connectivity index (χ4n) is 0.782. The molecule has 0 rings (SSSR count). The Bertz CT molecular complexity index is 196. The van der Waals surface area contributed by atoms with Crippen molar-refractivity contribution in [3.63, 3.8) is 0 Å². The number of ether oxygens (including phenoxy) is 1. The van der Waals surface area contributed by atoms with Crippen LogP contribution in [0.3, 0.4) is 0 Å². The zero-order chi connectivity index (χ0) is 10.1. The molecule has 0 bridgehead atoms. The molecule has 0 radical (unpaired) electrons. The largest absolute Gasteiger partial charge is 0.478 e. The molecule has 0 aromatic rings. The molecule has 0 aliphatic rings. The van der Waals surface area contributed by atoms with Gasteiger partial charge in [0.25, 0.3) is 0 Å². The molecule has 0 aliphatic carbocycles. The van der Waals surface area contributed by atoms with Crippen LogP contribution in [0.2, 0.25) is 0 Å². The minimum Gasteiger partial charge on any atom is -0.478 e. The molecular formula is C9H14O4. The van der Waals surface area contributed by atoms with E-state index in [0.29, 0.717) is 25.9 Å². The topological polar surface area (TPSA) is 63.6 Å². The first-order chi connectivity index (χ1) is 6.16. The maximum absolute atomic E-state index is 10.8. The molecular weight excluding hydrogens is 172 g/mol. The Morgan fingerprint density at radius 1 is 1.46 bits per heavy atom. The highest BCUT2D eigenvalue weighted by atomic mass is 16.5. The highest BCUT2D eigenvalue weighted by molar-refractivity contribution is 5.79. The number of hydrogen-bond acceptors (Lipinski definition) is 3. The lowest BCUT2D eigenvalue weighted by Gasteiger charge is -1.98. The molecule has 4 heteroatoms. The monoisotopic (exact) mass is 186 g/mol. The molecule has 0 spiro atoms. The zero-order valence-electron chi connectivity index (χ0n) is 7.66. The Balaban J connectivity index is 3.35. The van der Waals surface area contributed by atoms with Gasteiger partial charge in [-0.2, -0.15) is 0 Å². The fourth-order valence-corrected chi connectivity index (χ4v) is 0.782. The first-order valence-corrected chi connectivity index (χ1v) is 4.22. The van der Waals surface area contributed by atoms with Gasteiger partial charge in [0.05, 0.1) is 6.61 Å². The van der Waals surface area contributed by atoms with E-state index < -0.39 is 5.97 Å². The van der Waals surface area contributed by atoms with Gasteiger partial charge in [-0.05, 0) is 19.8 Å². The van der Waals surface area contributed by atoms with E-state index in [1.54, 1.807) is 6.92 Å². The van der Waals surface area contributed by atoms with E-state index in [1.165, 1.54) is 6.08 Å². The van der Waals surface area contributed by atoms with Gasteiger partial charge in [-0.3, -0.25) is 4.79 Å². The maximum atomic E-state index is 10.8. The summed E-state index contributed by atoms with van der Waals surface area (Å²) in [6, 6.07) is 0. The highest BCUT2D eigenvalue weighted by Gasteiger charge is 1.98. The minimum absolute atomic E-state index is 0.230. The van der Waals surface area contributed by atoms with Gasteiger partial charge in [-0.15, -0.1) is 0 Å². The Morgan fingerprint density at radius 2 is 2.15 bits per heavy atom. The third-order valence-electron chi connectivity index (χ3n) is 1.32. The van der Waals surface area contributed by atoms with Crippen LogP contribution >= 0.6 is 0 Å².